The normalized spacial score (nSPS) is 10.4. The fourth-order valence-corrected chi connectivity index (χ4v) is 2.94. The molecule has 0 atom stereocenters. The summed E-state index contributed by atoms with van der Waals surface area (Å²) in [6.07, 6.45) is -1.11. The zero-order valence-electron chi connectivity index (χ0n) is 13.3. The van der Waals surface area contributed by atoms with Crippen LogP contribution in [0.2, 0.25) is 0 Å². The van der Waals surface area contributed by atoms with Gasteiger partial charge in [0.2, 0.25) is 5.78 Å². The Morgan fingerprint density at radius 2 is 1.21 bits per heavy atom. The summed E-state index contributed by atoms with van der Waals surface area (Å²) in [5.74, 6) is 1.79. The average molecular weight is 460 g/mol. The van der Waals surface area contributed by atoms with E-state index in [4.69, 9.17) is 18.9 Å². The molecule has 0 saturated carbocycles. The lowest BCUT2D eigenvalue weighted by molar-refractivity contribution is -0.135. The van der Waals surface area contributed by atoms with Crippen LogP contribution in [0.5, 0.6) is 23.0 Å². The Hall–Kier alpha value is -1.73. The Kier molecular flexibility index (Phi) is 6.51. The Morgan fingerprint density at radius 1 is 0.833 bits per heavy atom. The molecule has 0 N–H and O–H groups in total. The van der Waals surface area contributed by atoms with E-state index >= 15 is 0 Å². The summed E-state index contributed by atoms with van der Waals surface area (Å²) < 4.78 is 23.1. The number of Topliss-reactive ketones (excluding diaryl/α,β-unsaturated/α-hetero) is 1. The molecule has 0 bridgehead atoms. The number of carbonyl (C=O) groups excluding carboxylic acids is 1. The van der Waals surface area contributed by atoms with Gasteiger partial charge in [0.15, 0.2) is 0 Å². The van der Waals surface area contributed by atoms with Crippen molar-refractivity contribution in [3.63, 3.8) is 0 Å². The average Bonchev–Trinajstić information content (AvgIpc) is 2.57. The third kappa shape index (κ3) is 4.21. The SMILES string of the molecule is COc1cccc(OC(Oc2cccc(OC)c2Br)C(C)=O)c1Br. The van der Waals surface area contributed by atoms with Crippen molar-refractivity contribution in [3.05, 3.63) is 45.3 Å². The van der Waals surface area contributed by atoms with Crippen molar-refractivity contribution in [2.24, 2.45) is 0 Å². The molecule has 128 valence electrons. The molecule has 7 heteroatoms. The van der Waals surface area contributed by atoms with Gasteiger partial charge in [-0.2, -0.15) is 0 Å². The highest BCUT2D eigenvalue weighted by atomic mass is 79.9. The van der Waals surface area contributed by atoms with Crippen LogP contribution in [-0.2, 0) is 4.79 Å². The number of ketones is 1. The lowest BCUT2D eigenvalue weighted by Crippen LogP contribution is -2.31. The van der Waals surface area contributed by atoms with Crippen molar-refractivity contribution in [3.8, 4) is 23.0 Å². The van der Waals surface area contributed by atoms with Gasteiger partial charge in [0.05, 0.1) is 14.2 Å². The predicted molar refractivity (Wildman–Crippen MR) is 97.1 cm³/mol. The number of rotatable bonds is 7. The van der Waals surface area contributed by atoms with E-state index in [1.165, 1.54) is 6.92 Å². The van der Waals surface area contributed by atoms with Crippen molar-refractivity contribution in [2.75, 3.05) is 14.2 Å². The number of methoxy groups -OCH3 is 2. The van der Waals surface area contributed by atoms with Crippen LogP contribution in [0.25, 0.3) is 0 Å². The minimum Gasteiger partial charge on any atom is -0.495 e. The monoisotopic (exact) mass is 458 g/mol. The van der Waals surface area contributed by atoms with E-state index < -0.39 is 6.29 Å². The van der Waals surface area contributed by atoms with Gasteiger partial charge in [-0.15, -0.1) is 0 Å². The van der Waals surface area contributed by atoms with Crippen LogP contribution in [0.3, 0.4) is 0 Å². The third-order valence-electron chi connectivity index (χ3n) is 3.10. The van der Waals surface area contributed by atoms with Crippen LogP contribution >= 0.6 is 31.9 Å². The van der Waals surface area contributed by atoms with E-state index in [0.29, 0.717) is 31.9 Å². The van der Waals surface area contributed by atoms with E-state index in [2.05, 4.69) is 31.9 Å². The number of halogens is 2. The highest BCUT2D eigenvalue weighted by Gasteiger charge is 2.22. The standard InChI is InChI=1S/C17H16Br2O5/c1-10(20)17(23-13-8-4-6-11(21-2)15(13)18)24-14-9-5-7-12(22-3)16(14)19/h4-9,17H,1-3H3. The summed E-state index contributed by atoms with van der Waals surface area (Å²) in [6.45, 7) is 1.40. The molecule has 5 nitrogen and oxygen atoms in total. The van der Waals surface area contributed by atoms with Gasteiger partial charge in [-0.05, 0) is 56.1 Å². The highest BCUT2D eigenvalue weighted by Crippen LogP contribution is 2.37. The van der Waals surface area contributed by atoms with E-state index in [1.807, 2.05) is 0 Å². The van der Waals surface area contributed by atoms with Crippen molar-refractivity contribution >= 4 is 37.6 Å². The van der Waals surface area contributed by atoms with Crippen LogP contribution in [0, 0.1) is 0 Å². The number of hydrogen-bond acceptors (Lipinski definition) is 5. The van der Waals surface area contributed by atoms with Crippen LogP contribution < -0.4 is 18.9 Å². The predicted octanol–water partition coefficient (Wildman–Crippen LogP) is 4.60. The zero-order chi connectivity index (χ0) is 17.7. The maximum atomic E-state index is 11.9. The molecule has 2 rings (SSSR count). The first-order chi connectivity index (χ1) is 11.5. The van der Waals surface area contributed by atoms with Gasteiger partial charge in [0.1, 0.15) is 31.9 Å². The molecule has 0 aromatic heterocycles. The minimum absolute atomic E-state index is 0.278. The second-order valence-electron chi connectivity index (χ2n) is 4.72. The smallest absolute Gasteiger partial charge is 0.300 e. The first kappa shape index (κ1) is 18.6. The molecule has 0 fully saturated rings. The molecule has 0 radical (unpaired) electrons. The van der Waals surface area contributed by atoms with Crippen molar-refractivity contribution < 1.29 is 23.7 Å². The number of hydrogen-bond donors (Lipinski definition) is 0. The largest absolute Gasteiger partial charge is 0.495 e. The summed E-state index contributed by atoms with van der Waals surface area (Å²) in [6, 6.07) is 10.5. The van der Waals surface area contributed by atoms with Gasteiger partial charge in [-0.3, -0.25) is 4.79 Å². The maximum Gasteiger partial charge on any atom is 0.300 e. The fraction of sp³-hybridized carbons (Fsp3) is 0.235. The van der Waals surface area contributed by atoms with Crippen LogP contribution in [0.15, 0.2) is 45.3 Å². The summed E-state index contributed by atoms with van der Waals surface area (Å²) >= 11 is 6.79. The second-order valence-corrected chi connectivity index (χ2v) is 6.31. The molecular weight excluding hydrogens is 444 g/mol. The lowest BCUT2D eigenvalue weighted by Gasteiger charge is -2.20. The molecule has 0 heterocycles. The molecule has 0 aliphatic rings. The summed E-state index contributed by atoms with van der Waals surface area (Å²) in [5.41, 5.74) is 0. The first-order valence-corrected chi connectivity index (χ1v) is 8.55. The summed E-state index contributed by atoms with van der Waals surface area (Å²) in [5, 5.41) is 0. The van der Waals surface area contributed by atoms with Gasteiger partial charge in [0.25, 0.3) is 6.29 Å². The van der Waals surface area contributed by atoms with Crippen LogP contribution in [0.1, 0.15) is 6.92 Å². The Labute approximate surface area is 157 Å². The van der Waals surface area contributed by atoms with E-state index in [-0.39, 0.29) is 5.78 Å². The second kappa shape index (κ2) is 8.39. The number of benzene rings is 2. The molecule has 0 unspecified atom stereocenters. The summed E-state index contributed by atoms with van der Waals surface area (Å²) in [7, 11) is 3.10. The minimum atomic E-state index is -1.11. The van der Waals surface area contributed by atoms with E-state index in [0.717, 1.165) is 0 Å². The maximum absolute atomic E-state index is 11.9. The molecule has 0 amide bonds. The number of carbonyl (C=O) groups is 1. The molecule has 2 aromatic rings. The van der Waals surface area contributed by atoms with Gasteiger partial charge in [-0.25, -0.2) is 0 Å². The highest BCUT2D eigenvalue weighted by molar-refractivity contribution is 9.11. The topological polar surface area (TPSA) is 54.0 Å². The summed E-state index contributed by atoms with van der Waals surface area (Å²) in [4.78, 5) is 11.9. The van der Waals surface area contributed by atoms with Crippen LogP contribution in [-0.4, -0.2) is 26.3 Å². The van der Waals surface area contributed by atoms with E-state index in [9.17, 15) is 4.79 Å². The molecule has 2 aromatic carbocycles. The zero-order valence-corrected chi connectivity index (χ0v) is 16.5. The van der Waals surface area contributed by atoms with Gasteiger partial charge >= 0.3 is 0 Å². The fourth-order valence-electron chi connectivity index (χ4n) is 1.90. The molecule has 0 aliphatic carbocycles. The van der Waals surface area contributed by atoms with Gasteiger partial charge in [-0.1, -0.05) is 12.1 Å². The van der Waals surface area contributed by atoms with Crippen molar-refractivity contribution in [1.82, 2.24) is 0 Å². The van der Waals surface area contributed by atoms with E-state index in [1.54, 1.807) is 50.6 Å². The van der Waals surface area contributed by atoms with Gasteiger partial charge < -0.3 is 18.9 Å². The lowest BCUT2D eigenvalue weighted by atomic mass is 10.3. The quantitative estimate of drug-likeness (QED) is 0.566. The Morgan fingerprint density at radius 3 is 1.54 bits per heavy atom. The Balaban J connectivity index is 2.27. The van der Waals surface area contributed by atoms with Gasteiger partial charge in [0, 0.05) is 6.92 Å². The van der Waals surface area contributed by atoms with Crippen molar-refractivity contribution in [1.29, 1.82) is 0 Å². The Bertz CT molecular complexity index is 677. The molecule has 0 spiro atoms. The molecule has 0 aliphatic heterocycles. The molecular formula is C17H16Br2O5. The number of ether oxygens (including phenoxy) is 4. The first-order valence-electron chi connectivity index (χ1n) is 6.96. The third-order valence-corrected chi connectivity index (χ3v) is 4.66. The van der Waals surface area contributed by atoms with Crippen molar-refractivity contribution in [2.45, 2.75) is 13.2 Å². The molecule has 24 heavy (non-hydrogen) atoms. The van der Waals surface area contributed by atoms with Crippen LogP contribution in [0.4, 0.5) is 0 Å². The molecule has 0 saturated heterocycles.